The molecule has 0 spiro atoms. The van der Waals surface area contributed by atoms with Crippen molar-refractivity contribution in [3.05, 3.63) is 41.0 Å². The molecule has 3 nitrogen and oxygen atoms in total. The fourth-order valence-electron chi connectivity index (χ4n) is 1.57. The number of nitrogens with one attached hydrogen (secondary N) is 1. The quantitative estimate of drug-likeness (QED) is 0.907. The number of benzene rings is 1. The summed E-state index contributed by atoms with van der Waals surface area (Å²) in [5, 5.41) is 4.34. The Kier molecular flexibility index (Phi) is 3.59. The second-order valence-electron chi connectivity index (χ2n) is 3.82. The number of hydrogen-bond acceptors (Lipinski definition) is 2. The van der Waals surface area contributed by atoms with Crippen LogP contribution in [0.2, 0.25) is 5.02 Å². The van der Waals surface area contributed by atoms with E-state index in [9.17, 15) is 4.79 Å². The van der Waals surface area contributed by atoms with Crippen LogP contribution in [0, 0.1) is 0 Å². The minimum Gasteiger partial charge on any atom is -0.352 e. The van der Waals surface area contributed by atoms with E-state index < -0.39 is 0 Å². The van der Waals surface area contributed by atoms with Gasteiger partial charge in [-0.3, -0.25) is 9.78 Å². The third-order valence-electron chi connectivity index (χ3n) is 2.44. The van der Waals surface area contributed by atoms with Crippen molar-refractivity contribution in [2.75, 3.05) is 6.54 Å². The van der Waals surface area contributed by atoms with E-state index in [1.165, 1.54) is 0 Å². The molecule has 1 N–H and O–H groups in total. The van der Waals surface area contributed by atoms with E-state index in [2.05, 4.69) is 10.3 Å². The molecular weight excluding hydrogens is 236 g/mol. The average Bonchev–Trinajstić information content (AvgIpc) is 2.35. The molecule has 0 saturated carbocycles. The van der Waals surface area contributed by atoms with Gasteiger partial charge in [-0.25, -0.2) is 0 Å². The lowest BCUT2D eigenvalue weighted by Crippen LogP contribution is -2.24. The molecule has 1 amide bonds. The molecule has 2 aromatic rings. The summed E-state index contributed by atoms with van der Waals surface area (Å²) in [4.78, 5) is 16.0. The van der Waals surface area contributed by atoms with Crippen LogP contribution in [-0.2, 0) is 0 Å². The molecule has 2 rings (SSSR count). The van der Waals surface area contributed by atoms with Crippen molar-refractivity contribution in [3.8, 4) is 0 Å². The number of halogens is 1. The molecule has 88 valence electrons. The number of nitrogens with zero attached hydrogens (tertiary/aromatic N) is 1. The SMILES string of the molecule is CCCNC(=O)c1cnc2ccc(Cl)cc2c1. The molecule has 0 radical (unpaired) electrons. The zero-order valence-corrected chi connectivity index (χ0v) is 10.3. The minimum atomic E-state index is -0.0961. The fraction of sp³-hybridized carbons (Fsp3) is 0.231. The van der Waals surface area contributed by atoms with Gasteiger partial charge in [0.25, 0.3) is 5.91 Å². The van der Waals surface area contributed by atoms with Crippen LogP contribution in [0.25, 0.3) is 10.9 Å². The van der Waals surface area contributed by atoms with Crippen molar-refractivity contribution >= 4 is 28.4 Å². The Morgan fingerprint density at radius 2 is 2.24 bits per heavy atom. The first kappa shape index (κ1) is 11.9. The topological polar surface area (TPSA) is 42.0 Å². The monoisotopic (exact) mass is 248 g/mol. The Morgan fingerprint density at radius 1 is 1.41 bits per heavy atom. The lowest BCUT2D eigenvalue weighted by Gasteiger charge is -2.04. The summed E-state index contributed by atoms with van der Waals surface area (Å²) in [6.07, 6.45) is 2.50. The predicted molar refractivity (Wildman–Crippen MR) is 69.4 cm³/mol. The third kappa shape index (κ3) is 2.74. The van der Waals surface area contributed by atoms with Gasteiger partial charge in [0.1, 0.15) is 0 Å². The van der Waals surface area contributed by atoms with Crippen LogP contribution in [0.5, 0.6) is 0 Å². The van der Waals surface area contributed by atoms with Gasteiger partial charge >= 0.3 is 0 Å². The van der Waals surface area contributed by atoms with Crippen molar-refractivity contribution in [2.45, 2.75) is 13.3 Å². The van der Waals surface area contributed by atoms with E-state index in [4.69, 9.17) is 11.6 Å². The first-order valence-corrected chi connectivity index (χ1v) is 5.92. The Hall–Kier alpha value is -1.61. The molecule has 0 bridgehead atoms. The van der Waals surface area contributed by atoms with E-state index in [1.54, 1.807) is 24.4 Å². The van der Waals surface area contributed by atoms with Gasteiger partial charge in [0.15, 0.2) is 0 Å². The van der Waals surface area contributed by atoms with Crippen molar-refractivity contribution in [2.24, 2.45) is 0 Å². The van der Waals surface area contributed by atoms with Gasteiger partial charge in [-0.05, 0) is 30.7 Å². The molecule has 0 aliphatic carbocycles. The maximum atomic E-state index is 11.7. The maximum Gasteiger partial charge on any atom is 0.252 e. The lowest BCUT2D eigenvalue weighted by molar-refractivity contribution is 0.0953. The van der Waals surface area contributed by atoms with Gasteiger partial charge in [-0.2, -0.15) is 0 Å². The number of rotatable bonds is 3. The van der Waals surface area contributed by atoms with E-state index >= 15 is 0 Å². The number of amides is 1. The van der Waals surface area contributed by atoms with E-state index in [0.29, 0.717) is 17.1 Å². The summed E-state index contributed by atoms with van der Waals surface area (Å²) in [6.45, 7) is 2.69. The standard InChI is InChI=1S/C13H13ClN2O/c1-2-5-15-13(17)10-6-9-7-11(14)3-4-12(9)16-8-10/h3-4,6-8H,2,5H2,1H3,(H,15,17). The van der Waals surface area contributed by atoms with Gasteiger partial charge < -0.3 is 5.32 Å². The van der Waals surface area contributed by atoms with Gasteiger partial charge in [-0.15, -0.1) is 0 Å². The highest BCUT2D eigenvalue weighted by molar-refractivity contribution is 6.31. The molecule has 0 atom stereocenters. The molecule has 0 unspecified atom stereocenters. The van der Waals surface area contributed by atoms with Crippen LogP contribution >= 0.6 is 11.6 Å². The van der Waals surface area contributed by atoms with Crippen LogP contribution < -0.4 is 5.32 Å². The summed E-state index contributed by atoms with van der Waals surface area (Å²) in [5.74, 6) is -0.0961. The highest BCUT2D eigenvalue weighted by Crippen LogP contribution is 2.18. The third-order valence-corrected chi connectivity index (χ3v) is 2.68. The summed E-state index contributed by atoms with van der Waals surface area (Å²) in [7, 11) is 0. The normalized spacial score (nSPS) is 10.5. The van der Waals surface area contributed by atoms with E-state index in [-0.39, 0.29) is 5.91 Å². The zero-order chi connectivity index (χ0) is 12.3. The Morgan fingerprint density at radius 3 is 3.00 bits per heavy atom. The first-order chi connectivity index (χ1) is 8.20. The lowest BCUT2D eigenvalue weighted by atomic mass is 10.1. The second-order valence-corrected chi connectivity index (χ2v) is 4.25. The van der Waals surface area contributed by atoms with Crippen LogP contribution in [-0.4, -0.2) is 17.4 Å². The van der Waals surface area contributed by atoms with E-state index in [1.807, 2.05) is 13.0 Å². The minimum absolute atomic E-state index is 0.0961. The smallest absolute Gasteiger partial charge is 0.252 e. The van der Waals surface area contributed by atoms with Crippen molar-refractivity contribution in [3.63, 3.8) is 0 Å². The number of carbonyl (C=O) groups is 1. The van der Waals surface area contributed by atoms with Gasteiger partial charge in [0, 0.05) is 23.2 Å². The molecule has 17 heavy (non-hydrogen) atoms. The van der Waals surface area contributed by atoms with Crippen LogP contribution in [0.1, 0.15) is 23.7 Å². The predicted octanol–water partition coefficient (Wildman–Crippen LogP) is 3.03. The Labute approximate surface area is 105 Å². The molecule has 1 aromatic heterocycles. The van der Waals surface area contributed by atoms with Gasteiger partial charge in [0.2, 0.25) is 0 Å². The molecule has 0 fully saturated rings. The highest BCUT2D eigenvalue weighted by Gasteiger charge is 2.06. The number of aromatic nitrogens is 1. The largest absolute Gasteiger partial charge is 0.352 e. The van der Waals surface area contributed by atoms with Gasteiger partial charge in [-0.1, -0.05) is 18.5 Å². The zero-order valence-electron chi connectivity index (χ0n) is 9.53. The molecule has 0 aliphatic rings. The molecule has 4 heteroatoms. The maximum absolute atomic E-state index is 11.7. The Balaban J connectivity index is 2.33. The van der Waals surface area contributed by atoms with Crippen LogP contribution in [0.3, 0.4) is 0 Å². The first-order valence-electron chi connectivity index (χ1n) is 5.54. The molecule has 0 saturated heterocycles. The van der Waals surface area contributed by atoms with E-state index in [0.717, 1.165) is 17.3 Å². The van der Waals surface area contributed by atoms with Gasteiger partial charge in [0.05, 0.1) is 11.1 Å². The van der Waals surface area contributed by atoms with Crippen LogP contribution in [0.15, 0.2) is 30.5 Å². The summed E-state index contributed by atoms with van der Waals surface area (Å²) in [6, 6.07) is 7.23. The molecule has 1 heterocycles. The Bertz CT molecular complexity index is 554. The van der Waals surface area contributed by atoms with Crippen LogP contribution in [0.4, 0.5) is 0 Å². The van der Waals surface area contributed by atoms with Crippen molar-refractivity contribution < 1.29 is 4.79 Å². The molecule has 0 aliphatic heterocycles. The summed E-state index contributed by atoms with van der Waals surface area (Å²) < 4.78 is 0. The number of pyridine rings is 1. The fourth-order valence-corrected chi connectivity index (χ4v) is 1.75. The summed E-state index contributed by atoms with van der Waals surface area (Å²) >= 11 is 5.91. The van der Waals surface area contributed by atoms with Crippen molar-refractivity contribution in [1.29, 1.82) is 0 Å². The average molecular weight is 249 g/mol. The molecular formula is C13H13ClN2O. The number of fused-ring (bicyclic) bond motifs is 1. The second kappa shape index (κ2) is 5.15. The number of hydrogen-bond donors (Lipinski definition) is 1. The molecule has 1 aromatic carbocycles. The number of carbonyl (C=O) groups excluding carboxylic acids is 1. The summed E-state index contributed by atoms with van der Waals surface area (Å²) in [5.41, 5.74) is 1.40. The van der Waals surface area contributed by atoms with Crippen molar-refractivity contribution in [1.82, 2.24) is 10.3 Å². The highest BCUT2D eigenvalue weighted by atomic mass is 35.5.